The van der Waals surface area contributed by atoms with Crippen LogP contribution in [0.3, 0.4) is 0 Å². The van der Waals surface area contributed by atoms with Gasteiger partial charge in [-0.2, -0.15) is 0 Å². The van der Waals surface area contributed by atoms with Crippen molar-refractivity contribution in [1.29, 1.82) is 0 Å². The van der Waals surface area contributed by atoms with Crippen LogP contribution in [-0.4, -0.2) is 5.11 Å². The first-order chi connectivity index (χ1) is 8.65. The number of allylic oxidation sites excluding steroid dienone is 6. The average Bonchev–Trinajstić information content (AvgIpc) is 2.80. The Morgan fingerprint density at radius 2 is 1.78 bits per heavy atom. The quantitative estimate of drug-likeness (QED) is 0.741. The number of benzene rings is 1. The van der Waals surface area contributed by atoms with E-state index in [1.165, 1.54) is 0 Å². The molecule has 1 aromatic carbocycles. The summed E-state index contributed by atoms with van der Waals surface area (Å²) in [5.74, 6) is 1.68. The molecule has 1 aromatic rings. The van der Waals surface area contributed by atoms with E-state index in [2.05, 4.69) is 0 Å². The molecule has 0 unspecified atom stereocenters. The summed E-state index contributed by atoms with van der Waals surface area (Å²) < 4.78 is 5.89. The van der Waals surface area contributed by atoms with Crippen molar-refractivity contribution < 1.29 is 9.84 Å². The second kappa shape index (κ2) is 3.91. The first-order valence-electron chi connectivity index (χ1n) is 5.94. The minimum Gasteiger partial charge on any atom is -0.507 e. The smallest absolute Gasteiger partial charge is 0.138 e. The van der Waals surface area contributed by atoms with Crippen LogP contribution < -0.4 is 4.74 Å². The Kier molecular flexibility index (Phi) is 2.37. The summed E-state index contributed by atoms with van der Waals surface area (Å²) in [4.78, 5) is 0. The summed E-state index contributed by atoms with van der Waals surface area (Å²) in [6.45, 7) is 4.00. The summed E-state index contributed by atoms with van der Waals surface area (Å²) in [7, 11) is 0. The number of hydrogen-bond donors (Lipinski definition) is 1. The lowest BCUT2D eigenvalue weighted by molar-refractivity contribution is 0.415. The van der Waals surface area contributed by atoms with Gasteiger partial charge < -0.3 is 9.84 Å². The lowest BCUT2D eigenvalue weighted by atomic mass is 10.00. The third-order valence-corrected chi connectivity index (χ3v) is 3.13. The Labute approximate surface area is 106 Å². The van der Waals surface area contributed by atoms with Gasteiger partial charge in [0.15, 0.2) is 0 Å². The zero-order valence-electron chi connectivity index (χ0n) is 10.4. The zero-order valence-corrected chi connectivity index (χ0v) is 10.4. The Morgan fingerprint density at radius 3 is 2.50 bits per heavy atom. The van der Waals surface area contributed by atoms with Gasteiger partial charge in [-0.3, -0.25) is 0 Å². The molecular weight excluding hydrogens is 224 g/mol. The molecule has 0 fully saturated rings. The fraction of sp³-hybridized carbons (Fsp3) is 0.125. The minimum atomic E-state index is 0.268. The highest BCUT2D eigenvalue weighted by molar-refractivity contribution is 5.73. The SMILES string of the molecule is Cc1cc(C)c2c(c1)OC(=C1C=CC=C1)C=C2O. The summed E-state index contributed by atoms with van der Waals surface area (Å²) in [6.07, 6.45) is 9.51. The molecule has 0 atom stereocenters. The largest absolute Gasteiger partial charge is 0.507 e. The highest BCUT2D eigenvalue weighted by Crippen LogP contribution is 2.36. The molecule has 1 N–H and O–H groups in total. The molecule has 2 aliphatic rings. The van der Waals surface area contributed by atoms with Crippen LogP contribution in [0, 0.1) is 13.8 Å². The van der Waals surface area contributed by atoms with Crippen molar-refractivity contribution >= 4 is 5.76 Å². The Hall–Kier alpha value is -2.22. The number of fused-ring (bicyclic) bond motifs is 1. The third kappa shape index (κ3) is 1.66. The average molecular weight is 238 g/mol. The molecule has 1 aliphatic heterocycles. The summed E-state index contributed by atoms with van der Waals surface area (Å²) in [5, 5.41) is 10.2. The van der Waals surface area contributed by atoms with Crippen molar-refractivity contribution in [2.45, 2.75) is 13.8 Å². The number of aliphatic hydroxyl groups excluding tert-OH is 1. The van der Waals surface area contributed by atoms with E-state index in [-0.39, 0.29) is 5.76 Å². The van der Waals surface area contributed by atoms with Crippen LogP contribution in [0.15, 0.2) is 53.8 Å². The van der Waals surface area contributed by atoms with E-state index in [9.17, 15) is 5.11 Å². The molecule has 0 radical (unpaired) electrons. The molecule has 0 saturated carbocycles. The molecule has 1 aliphatic carbocycles. The van der Waals surface area contributed by atoms with Gasteiger partial charge in [-0.05, 0) is 31.0 Å². The number of rotatable bonds is 0. The van der Waals surface area contributed by atoms with Crippen molar-refractivity contribution in [3.8, 4) is 5.75 Å². The van der Waals surface area contributed by atoms with Gasteiger partial charge >= 0.3 is 0 Å². The molecule has 0 amide bonds. The van der Waals surface area contributed by atoms with Crippen molar-refractivity contribution in [2.24, 2.45) is 0 Å². The zero-order chi connectivity index (χ0) is 12.7. The van der Waals surface area contributed by atoms with Crippen LogP contribution in [0.1, 0.15) is 16.7 Å². The maximum Gasteiger partial charge on any atom is 0.138 e. The Morgan fingerprint density at radius 1 is 1.06 bits per heavy atom. The van der Waals surface area contributed by atoms with E-state index in [0.717, 1.165) is 28.0 Å². The first kappa shape index (κ1) is 10.9. The van der Waals surface area contributed by atoms with Gasteiger partial charge in [0.05, 0.1) is 5.56 Å². The summed E-state index contributed by atoms with van der Waals surface area (Å²) in [5.41, 5.74) is 3.92. The van der Waals surface area contributed by atoms with Gasteiger partial charge in [0, 0.05) is 11.6 Å². The lowest BCUT2D eigenvalue weighted by Gasteiger charge is -2.20. The number of aryl methyl sites for hydroxylation is 2. The second-order valence-corrected chi connectivity index (χ2v) is 4.62. The van der Waals surface area contributed by atoms with Crippen molar-refractivity contribution in [1.82, 2.24) is 0 Å². The fourth-order valence-electron chi connectivity index (χ4n) is 2.36. The molecule has 0 spiro atoms. The number of hydrogen-bond acceptors (Lipinski definition) is 2. The molecular formula is C16H14O2. The van der Waals surface area contributed by atoms with Crippen LogP contribution in [-0.2, 0) is 0 Å². The highest BCUT2D eigenvalue weighted by Gasteiger charge is 2.20. The Bertz CT molecular complexity index is 629. The van der Waals surface area contributed by atoms with Crippen molar-refractivity contribution in [3.05, 3.63) is 70.5 Å². The standard InChI is InChI=1S/C16H14O2/c1-10-7-11(2)16-13(17)9-14(18-15(16)8-10)12-5-3-4-6-12/h3-9,17H,1-2H3. The molecule has 2 heteroatoms. The highest BCUT2D eigenvalue weighted by atomic mass is 16.5. The number of aliphatic hydroxyl groups is 1. The lowest BCUT2D eigenvalue weighted by Crippen LogP contribution is -2.06. The summed E-state index contributed by atoms with van der Waals surface area (Å²) >= 11 is 0. The number of ether oxygens (including phenoxy) is 1. The van der Waals surface area contributed by atoms with Crippen LogP contribution in [0.5, 0.6) is 5.75 Å². The van der Waals surface area contributed by atoms with Gasteiger partial charge in [0.2, 0.25) is 0 Å². The van der Waals surface area contributed by atoms with Crippen molar-refractivity contribution in [2.75, 3.05) is 0 Å². The van der Waals surface area contributed by atoms with Crippen LogP contribution in [0.2, 0.25) is 0 Å². The van der Waals surface area contributed by atoms with E-state index in [0.29, 0.717) is 5.76 Å². The van der Waals surface area contributed by atoms with E-state index >= 15 is 0 Å². The third-order valence-electron chi connectivity index (χ3n) is 3.13. The van der Waals surface area contributed by atoms with Gasteiger partial charge in [0.25, 0.3) is 0 Å². The van der Waals surface area contributed by atoms with E-state index in [1.54, 1.807) is 6.08 Å². The fourth-order valence-corrected chi connectivity index (χ4v) is 2.36. The molecule has 2 nitrogen and oxygen atoms in total. The van der Waals surface area contributed by atoms with Crippen LogP contribution >= 0.6 is 0 Å². The monoisotopic (exact) mass is 238 g/mol. The molecule has 90 valence electrons. The summed E-state index contributed by atoms with van der Waals surface area (Å²) in [6, 6.07) is 3.99. The predicted molar refractivity (Wildman–Crippen MR) is 72.5 cm³/mol. The molecule has 0 bridgehead atoms. The van der Waals surface area contributed by atoms with Crippen molar-refractivity contribution in [3.63, 3.8) is 0 Å². The van der Waals surface area contributed by atoms with Crippen LogP contribution in [0.25, 0.3) is 5.76 Å². The van der Waals surface area contributed by atoms with E-state index in [1.807, 2.05) is 50.3 Å². The predicted octanol–water partition coefficient (Wildman–Crippen LogP) is 3.97. The van der Waals surface area contributed by atoms with E-state index in [4.69, 9.17) is 4.74 Å². The maximum atomic E-state index is 10.2. The molecule has 18 heavy (non-hydrogen) atoms. The topological polar surface area (TPSA) is 29.5 Å². The van der Waals surface area contributed by atoms with Gasteiger partial charge in [-0.25, -0.2) is 0 Å². The minimum absolute atomic E-state index is 0.268. The van der Waals surface area contributed by atoms with Crippen LogP contribution in [0.4, 0.5) is 0 Å². The molecule has 3 rings (SSSR count). The second-order valence-electron chi connectivity index (χ2n) is 4.62. The van der Waals surface area contributed by atoms with Gasteiger partial charge in [0.1, 0.15) is 17.3 Å². The maximum absolute atomic E-state index is 10.2. The van der Waals surface area contributed by atoms with Gasteiger partial charge in [-0.15, -0.1) is 0 Å². The first-order valence-corrected chi connectivity index (χ1v) is 5.94. The molecule has 0 aromatic heterocycles. The van der Waals surface area contributed by atoms with Gasteiger partial charge in [-0.1, -0.05) is 30.4 Å². The normalized spacial score (nSPS) is 16.7. The molecule has 1 heterocycles. The molecule has 0 saturated heterocycles. The Balaban J connectivity index is 2.18. The van der Waals surface area contributed by atoms with E-state index < -0.39 is 0 Å².